The number of hydrogen-bond donors (Lipinski definition) is 1. The van der Waals surface area contributed by atoms with Crippen molar-refractivity contribution in [1.29, 1.82) is 0 Å². The van der Waals surface area contributed by atoms with E-state index in [4.69, 9.17) is 9.47 Å². The standard InChI is InChI=1S/C11H23NO2/c1-3-6-12-9-10(2)14-11-4-7-13-8-5-11/h10-12H,3-9H2,1-2H3. The van der Waals surface area contributed by atoms with Crippen LogP contribution in [0.2, 0.25) is 0 Å². The lowest BCUT2D eigenvalue weighted by Crippen LogP contribution is -2.33. The van der Waals surface area contributed by atoms with E-state index in [0.29, 0.717) is 12.2 Å². The average Bonchev–Trinajstić information content (AvgIpc) is 2.20. The van der Waals surface area contributed by atoms with Crippen LogP contribution in [-0.4, -0.2) is 38.5 Å². The molecule has 0 bridgehead atoms. The molecule has 0 aliphatic carbocycles. The van der Waals surface area contributed by atoms with Crippen molar-refractivity contribution in [3.63, 3.8) is 0 Å². The molecule has 1 fully saturated rings. The molecule has 1 rings (SSSR count). The molecule has 0 aromatic heterocycles. The van der Waals surface area contributed by atoms with Gasteiger partial charge in [0.15, 0.2) is 0 Å². The maximum atomic E-state index is 5.90. The van der Waals surface area contributed by atoms with Crippen LogP contribution in [0.5, 0.6) is 0 Å². The third kappa shape index (κ3) is 4.94. The molecule has 3 heteroatoms. The van der Waals surface area contributed by atoms with Crippen molar-refractivity contribution in [2.24, 2.45) is 0 Å². The highest BCUT2D eigenvalue weighted by molar-refractivity contribution is 4.65. The van der Waals surface area contributed by atoms with Gasteiger partial charge >= 0.3 is 0 Å². The Morgan fingerprint density at radius 3 is 2.79 bits per heavy atom. The molecule has 0 spiro atoms. The summed E-state index contributed by atoms with van der Waals surface area (Å²) in [6, 6.07) is 0. The SMILES string of the molecule is CCCNCC(C)OC1CCOCC1. The van der Waals surface area contributed by atoms with E-state index in [0.717, 1.165) is 39.1 Å². The maximum Gasteiger partial charge on any atom is 0.0675 e. The number of rotatable bonds is 6. The minimum Gasteiger partial charge on any atom is -0.381 e. The molecule has 3 nitrogen and oxygen atoms in total. The van der Waals surface area contributed by atoms with Crippen LogP contribution in [0.3, 0.4) is 0 Å². The summed E-state index contributed by atoms with van der Waals surface area (Å²) in [5.74, 6) is 0. The molecule has 0 radical (unpaired) electrons. The molecule has 84 valence electrons. The smallest absolute Gasteiger partial charge is 0.0675 e. The predicted molar refractivity (Wildman–Crippen MR) is 57.5 cm³/mol. The van der Waals surface area contributed by atoms with Crippen molar-refractivity contribution in [2.45, 2.75) is 45.3 Å². The van der Waals surface area contributed by atoms with Crippen molar-refractivity contribution in [3.8, 4) is 0 Å². The van der Waals surface area contributed by atoms with Crippen molar-refractivity contribution in [1.82, 2.24) is 5.32 Å². The molecule has 1 unspecified atom stereocenters. The molecule has 0 aromatic carbocycles. The first-order valence-corrected chi connectivity index (χ1v) is 5.77. The number of hydrogen-bond acceptors (Lipinski definition) is 3. The van der Waals surface area contributed by atoms with Gasteiger partial charge in [0.25, 0.3) is 0 Å². The minimum absolute atomic E-state index is 0.324. The van der Waals surface area contributed by atoms with Gasteiger partial charge in [-0.15, -0.1) is 0 Å². The van der Waals surface area contributed by atoms with Crippen molar-refractivity contribution in [3.05, 3.63) is 0 Å². The minimum atomic E-state index is 0.324. The summed E-state index contributed by atoms with van der Waals surface area (Å²) < 4.78 is 11.2. The van der Waals surface area contributed by atoms with Crippen LogP contribution in [0.4, 0.5) is 0 Å². The quantitative estimate of drug-likeness (QED) is 0.662. The van der Waals surface area contributed by atoms with Crippen LogP contribution in [0, 0.1) is 0 Å². The molecule has 1 aliphatic rings. The Bertz CT molecular complexity index is 135. The lowest BCUT2D eigenvalue weighted by Gasteiger charge is -2.26. The van der Waals surface area contributed by atoms with E-state index in [2.05, 4.69) is 19.2 Å². The van der Waals surface area contributed by atoms with E-state index in [1.165, 1.54) is 6.42 Å². The molecular formula is C11H23NO2. The van der Waals surface area contributed by atoms with Gasteiger partial charge in [-0.3, -0.25) is 0 Å². The maximum absolute atomic E-state index is 5.90. The Morgan fingerprint density at radius 1 is 1.43 bits per heavy atom. The zero-order valence-electron chi connectivity index (χ0n) is 9.42. The average molecular weight is 201 g/mol. The molecule has 1 aliphatic heterocycles. The van der Waals surface area contributed by atoms with Crippen molar-refractivity contribution in [2.75, 3.05) is 26.3 Å². The summed E-state index contributed by atoms with van der Waals surface area (Å²) in [7, 11) is 0. The molecule has 1 saturated heterocycles. The van der Waals surface area contributed by atoms with E-state index < -0.39 is 0 Å². The fraction of sp³-hybridized carbons (Fsp3) is 1.00. The second kappa shape index (κ2) is 7.21. The van der Waals surface area contributed by atoms with Crippen LogP contribution in [0.1, 0.15) is 33.1 Å². The van der Waals surface area contributed by atoms with E-state index in [-0.39, 0.29) is 0 Å². The third-order valence-corrected chi connectivity index (χ3v) is 2.45. The Kier molecular flexibility index (Phi) is 6.15. The topological polar surface area (TPSA) is 30.5 Å². The highest BCUT2D eigenvalue weighted by Crippen LogP contribution is 2.12. The van der Waals surface area contributed by atoms with E-state index in [1.807, 2.05) is 0 Å². The summed E-state index contributed by atoms with van der Waals surface area (Å²) in [5.41, 5.74) is 0. The summed E-state index contributed by atoms with van der Waals surface area (Å²) >= 11 is 0. The van der Waals surface area contributed by atoms with Gasteiger partial charge in [-0.25, -0.2) is 0 Å². The summed E-state index contributed by atoms with van der Waals surface area (Å²) in [6.45, 7) is 8.08. The van der Waals surface area contributed by atoms with Gasteiger partial charge in [-0.1, -0.05) is 6.92 Å². The van der Waals surface area contributed by atoms with Gasteiger partial charge in [0.05, 0.1) is 12.2 Å². The van der Waals surface area contributed by atoms with Gasteiger partial charge in [-0.05, 0) is 32.7 Å². The van der Waals surface area contributed by atoms with Gasteiger partial charge in [-0.2, -0.15) is 0 Å². The highest BCUT2D eigenvalue weighted by Gasteiger charge is 2.16. The summed E-state index contributed by atoms with van der Waals surface area (Å²) in [4.78, 5) is 0. The van der Waals surface area contributed by atoms with Gasteiger partial charge in [0.1, 0.15) is 0 Å². The summed E-state index contributed by atoms with van der Waals surface area (Å²) in [5, 5.41) is 3.37. The second-order valence-electron chi connectivity index (χ2n) is 3.96. The molecule has 0 saturated carbocycles. The molecule has 1 atom stereocenters. The van der Waals surface area contributed by atoms with E-state index in [1.54, 1.807) is 0 Å². The Morgan fingerprint density at radius 2 is 2.14 bits per heavy atom. The third-order valence-electron chi connectivity index (χ3n) is 2.45. The largest absolute Gasteiger partial charge is 0.381 e. The molecular weight excluding hydrogens is 178 g/mol. The molecule has 0 amide bonds. The lowest BCUT2D eigenvalue weighted by atomic mass is 10.1. The fourth-order valence-electron chi connectivity index (χ4n) is 1.67. The number of ether oxygens (including phenoxy) is 2. The predicted octanol–water partition coefficient (Wildman–Crippen LogP) is 1.57. The molecule has 0 aromatic rings. The van der Waals surface area contributed by atoms with Crippen LogP contribution < -0.4 is 5.32 Å². The zero-order chi connectivity index (χ0) is 10.2. The van der Waals surface area contributed by atoms with E-state index in [9.17, 15) is 0 Å². The first-order chi connectivity index (χ1) is 6.83. The fourth-order valence-corrected chi connectivity index (χ4v) is 1.67. The van der Waals surface area contributed by atoms with Crippen molar-refractivity contribution >= 4 is 0 Å². The van der Waals surface area contributed by atoms with E-state index >= 15 is 0 Å². The van der Waals surface area contributed by atoms with Crippen LogP contribution in [-0.2, 0) is 9.47 Å². The van der Waals surface area contributed by atoms with Crippen LogP contribution >= 0.6 is 0 Å². The Hall–Kier alpha value is -0.120. The zero-order valence-corrected chi connectivity index (χ0v) is 9.42. The molecule has 1 N–H and O–H groups in total. The first-order valence-electron chi connectivity index (χ1n) is 5.77. The Labute approximate surface area is 87.2 Å². The van der Waals surface area contributed by atoms with Gasteiger partial charge < -0.3 is 14.8 Å². The molecule has 1 heterocycles. The monoisotopic (exact) mass is 201 g/mol. The molecule has 14 heavy (non-hydrogen) atoms. The van der Waals surface area contributed by atoms with Crippen molar-refractivity contribution < 1.29 is 9.47 Å². The normalized spacial score (nSPS) is 21.0. The van der Waals surface area contributed by atoms with Gasteiger partial charge in [0, 0.05) is 19.8 Å². The number of nitrogens with one attached hydrogen (secondary N) is 1. The highest BCUT2D eigenvalue weighted by atomic mass is 16.5. The lowest BCUT2D eigenvalue weighted by molar-refractivity contribution is -0.0612. The van der Waals surface area contributed by atoms with Crippen LogP contribution in [0.25, 0.3) is 0 Å². The summed E-state index contributed by atoms with van der Waals surface area (Å²) in [6.07, 6.45) is 4.03. The second-order valence-corrected chi connectivity index (χ2v) is 3.96. The Balaban J connectivity index is 2.03. The van der Waals surface area contributed by atoms with Crippen LogP contribution in [0.15, 0.2) is 0 Å². The van der Waals surface area contributed by atoms with Gasteiger partial charge in [0.2, 0.25) is 0 Å². The first kappa shape index (κ1) is 12.0.